The van der Waals surface area contributed by atoms with Gasteiger partial charge in [-0.05, 0) is 49.4 Å². The quantitative estimate of drug-likeness (QED) is 0.677. The molecule has 2 aromatic rings. The van der Waals surface area contributed by atoms with Gasteiger partial charge in [0, 0.05) is 53.7 Å². The van der Waals surface area contributed by atoms with Crippen molar-refractivity contribution in [3.8, 4) is 5.75 Å². The van der Waals surface area contributed by atoms with Crippen molar-refractivity contribution in [2.75, 3.05) is 13.2 Å². The van der Waals surface area contributed by atoms with E-state index >= 15 is 0 Å². The van der Waals surface area contributed by atoms with E-state index in [0.717, 1.165) is 23.7 Å². The van der Waals surface area contributed by atoms with E-state index in [1.54, 1.807) is 6.07 Å². The van der Waals surface area contributed by atoms with E-state index in [-0.39, 0.29) is 25.0 Å². The normalized spacial score (nSPS) is 40.0. The van der Waals surface area contributed by atoms with Crippen LogP contribution in [0.15, 0.2) is 18.2 Å². The summed E-state index contributed by atoms with van der Waals surface area (Å²) in [5.41, 5.74) is 3.66. The van der Waals surface area contributed by atoms with Crippen molar-refractivity contribution in [2.45, 2.75) is 37.9 Å². The summed E-state index contributed by atoms with van der Waals surface area (Å²) in [5.74, 6) is 1.16. The van der Waals surface area contributed by atoms with E-state index in [9.17, 15) is 15.3 Å². The highest BCUT2D eigenvalue weighted by molar-refractivity contribution is 5.86. The number of nitrogens with one attached hydrogen (secondary N) is 1. The summed E-state index contributed by atoms with van der Waals surface area (Å²) >= 11 is 0. The van der Waals surface area contributed by atoms with Crippen LogP contribution in [0, 0.1) is 17.8 Å². The number of phenols is 1. The topological polar surface area (TPSA) is 79.7 Å². The lowest BCUT2D eigenvalue weighted by atomic mass is 9.60. The van der Waals surface area contributed by atoms with Crippen molar-refractivity contribution in [2.24, 2.45) is 17.8 Å². The minimum atomic E-state index is 0.185. The molecule has 4 N–H and O–H groups in total. The third kappa shape index (κ3) is 1.70. The van der Waals surface area contributed by atoms with E-state index in [0.29, 0.717) is 29.8 Å². The van der Waals surface area contributed by atoms with Gasteiger partial charge in [0.1, 0.15) is 5.75 Å². The van der Waals surface area contributed by atoms with Crippen LogP contribution in [0.4, 0.5) is 0 Å². The van der Waals surface area contributed by atoms with Gasteiger partial charge in [-0.15, -0.1) is 0 Å². The van der Waals surface area contributed by atoms with Crippen molar-refractivity contribution in [3.05, 3.63) is 29.5 Å². The lowest BCUT2D eigenvalue weighted by molar-refractivity contribution is -0.154. The van der Waals surface area contributed by atoms with Gasteiger partial charge >= 0.3 is 0 Å². The van der Waals surface area contributed by atoms with E-state index in [4.69, 9.17) is 0 Å². The Morgan fingerprint density at radius 2 is 2.00 bits per heavy atom. The van der Waals surface area contributed by atoms with Crippen molar-refractivity contribution >= 4 is 10.9 Å². The number of fused-ring (bicyclic) bond motifs is 4. The first-order chi connectivity index (χ1) is 11.6. The summed E-state index contributed by atoms with van der Waals surface area (Å²) < 4.78 is 0. The fourth-order valence-electron chi connectivity index (χ4n) is 5.99. The van der Waals surface area contributed by atoms with Gasteiger partial charge in [-0.3, -0.25) is 4.90 Å². The molecule has 0 spiro atoms. The molecule has 3 fully saturated rings. The minimum Gasteiger partial charge on any atom is -0.508 e. The Labute approximate surface area is 140 Å². The Bertz CT molecular complexity index is 801. The van der Waals surface area contributed by atoms with Crippen LogP contribution >= 0.6 is 0 Å². The van der Waals surface area contributed by atoms with E-state index in [2.05, 4.69) is 16.8 Å². The van der Waals surface area contributed by atoms with Gasteiger partial charge in [0.2, 0.25) is 0 Å². The van der Waals surface area contributed by atoms with Gasteiger partial charge in [0.15, 0.2) is 0 Å². The number of benzene rings is 1. The maximum atomic E-state index is 10.0. The molecular weight excluding hydrogens is 304 g/mol. The fraction of sp³-hybridized carbons (Fsp3) is 0.579. The summed E-state index contributed by atoms with van der Waals surface area (Å²) in [6, 6.07) is 6.52. The number of hydrogen-bond acceptors (Lipinski definition) is 4. The molecule has 7 atom stereocenters. The van der Waals surface area contributed by atoms with Crippen molar-refractivity contribution in [3.63, 3.8) is 0 Å². The minimum absolute atomic E-state index is 0.185. The molecule has 2 unspecified atom stereocenters. The predicted molar refractivity (Wildman–Crippen MR) is 90.8 cm³/mol. The maximum absolute atomic E-state index is 10.0. The molecule has 6 rings (SSSR count). The average molecular weight is 328 g/mol. The summed E-state index contributed by atoms with van der Waals surface area (Å²) in [4.78, 5) is 6.13. The second kappa shape index (κ2) is 4.97. The van der Waals surface area contributed by atoms with Gasteiger partial charge < -0.3 is 20.3 Å². The number of rotatable bonds is 2. The number of aromatic amines is 1. The molecule has 0 radical (unpaired) electrons. The van der Waals surface area contributed by atoms with Crippen LogP contribution in [0.5, 0.6) is 5.75 Å². The first-order valence-corrected chi connectivity index (χ1v) is 8.96. The van der Waals surface area contributed by atoms with Gasteiger partial charge in [0.25, 0.3) is 0 Å². The molecule has 5 heteroatoms. The first-order valence-electron chi connectivity index (χ1n) is 8.96. The Balaban J connectivity index is 1.68. The first kappa shape index (κ1) is 14.8. The standard InChI is InChI=1S/C19H24N2O3/c1-9-14(7-22)11-5-18-19-13(6-17(21(9)18)15(11)8-23)12-4-10(24)2-3-16(12)20-19/h2-4,9,11,14-15,17-18,20,22-24H,5-8H2,1H3/t9-,11+,14-,15?,17-,18-/m0/s1. The molecule has 0 amide bonds. The Kier molecular flexibility index (Phi) is 3.06. The molecule has 4 bridgehead atoms. The molecule has 5 heterocycles. The van der Waals surface area contributed by atoms with E-state index < -0.39 is 0 Å². The lowest BCUT2D eigenvalue weighted by Gasteiger charge is -2.63. The summed E-state index contributed by atoms with van der Waals surface area (Å²) in [6.07, 6.45) is 1.89. The number of nitrogens with zero attached hydrogens (tertiary/aromatic N) is 1. The van der Waals surface area contributed by atoms with Crippen LogP contribution in [-0.2, 0) is 6.42 Å². The number of aliphatic hydroxyl groups is 2. The third-order valence-electron chi connectivity index (χ3n) is 7.01. The Hall–Kier alpha value is -1.56. The molecule has 1 aromatic carbocycles. The summed E-state index contributed by atoms with van der Waals surface area (Å²) in [6.45, 7) is 2.61. The molecular formula is C19H24N2O3. The zero-order valence-corrected chi connectivity index (χ0v) is 13.8. The van der Waals surface area contributed by atoms with E-state index in [1.165, 1.54) is 11.3 Å². The number of H-pyrrole nitrogens is 1. The predicted octanol–water partition coefficient (Wildman–Crippen LogP) is 1.78. The molecule has 1 aromatic heterocycles. The number of phenolic OH excluding ortho intramolecular Hbond substituents is 1. The van der Waals surface area contributed by atoms with Crippen LogP contribution < -0.4 is 0 Å². The molecule has 3 saturated heterocycles. The van der Waals surface area contributed by atoms with Crippen LogP contribution in [0.1, 0.15) is 30.6 Å². The maximum Gasteiger partial charge on any atom is 0.116 e. The van der Waals surface area contributed by atoms with Crippen molar-refractivity contribution in [1.29, 1.82) is 0 Å². The molecule has 24 heavy (non-hydrogen) atoms. The second-order valence-electron chi connectivity index (χ2n) is 7.81. The molecule has 4 aliphatic rings. The van der Waals surface area contributed by atoms with Crippen LogP contribution in [0.25, 0.3) is 10.9 Å². The van der Waals surface area contributed by atoms with Gasteiger partial charge in [-0.1, -0.05) is 0 Å². The zero-order valence-electron chi connectivity index (χ0n) is 13.8. The highest BCUT2D eigenvalue weighted by atomic mass is 16.3. The van der Waals surface area contributed by atoms with Crippen LogP contribution in [0.3, 0.4) is 0 Å². The lowest BCUT2D eigenvalue weighted by Crippen LogP contribution is -2.67. The van der Waals surface area contributed by atoms with Gasteiger partial charge in [-0.25, -0.2) is 0 Å². The number of aromatic hydroxyl groups is 1. The number of hydrogen-bond donors (Lipinski definition) is 4. The largest absolute Gasteiger partial charge is 0.508 e. The number of piperidine rings is 3. The Morgan fingerprint density at radius 3 is 2.75 bits per heavy atom. The van der Waals surface area contributed by atoms with Crippen LogP contribution in [0.2, 0.25) is 0 Å². The highest BCUT2D eigenvalue weighted by Gasteiger charge is 2.57. The van der Waals surface area contributed by atoms with Crippen LogP contribution in [-0.4, -0.2) is 50.5 Å². The highest BCUT2D eigenvalue weighted by Crippen LogP contribution is 2.56. The van der Waals surface area contributed by atoms with Gasteiger partial charge in [0.05, 0.1) is 6.04 Å². The molecule has 5 nitrogen and oxygen atoms in total. The second-order valence-corrected chi connectivity index (χ2v) is 7.81. The monoisotopic (exact) mass is 328 g/mol. The zero-order chi connectivity index (χ0) is 16.6. The van der Waals surface area contributed by atoms with Gasteiger partial charge in [-0.2, -0.15) is 0 Å². The number of aromatic nitrogens is 1. The third-order valence-corrected chi connectivity index (χ3v) is 7.01. The summed E-state index contributed by atoms with van der Waals surface area (Å²) in [7, 11) is 0. The van der Waals surface area contributed by atoms with E-state index in [1.807, 2.05) is 12.1 Å². The average Bonchev–Trinajstić information content (AvgIpc) is 2.93. The van der Waals surface area contributed by atoms with Crippen molar-refractivity contribution < 1.29 is 15.3 Å². The number of aliphatic hydroxyl groups excluding tert-OH is 2. The molecule has 128 valence electrons. The fourth-order valence-corrected chi connectivity index (χ4v) is 5.99. The molecule has 0 aliphatic carbocycles. The molecule has 4 aliphatic heterocycles. The SMILES string of the molecule is C[C@H]1[C@H](CO)[C@H]2C[C@H]3c4[nH]c5ccc(O)cc5c4C[C@@H](C2CO)N31. The smallest absolute Gasteiger partial charge is 0.116 e. The Morgan fingerprint density at radius 1 is 1.21 bits per heavy atom. The summed E-state index contributed by atoms with van der Waals surface area (Å²) in [5, 5.41) is 30.9. The molecule has 0 saturated carbocycles. The van der Waals surface area contributed by atoms with Crippen molar-refractivity contribution in [1.82, 2.24) is 9.88 Å².